The summed E-state index contributed by atoms with van der Waals surface area (Å²) >= 11 is 0. The fraction of sp³-hybridized carbons (Fsp3) is 0.182. The number of anilines is 2. The number of methoxy groups -OCH3 is 1. The van der Waals surface area contributed by atoms with Crippen LogP contribution in [0.5, 0.6) is 5.75 Å². The quantitative estimate of drug-likeness (QED) is 0.887. The van der Waals surface area contributed by atoms with Gasteiger partial charge in [0.2, 0.25) is 0 Å². The normalized spacial score (nSPS) is 10.6. The zero-order valence-corrected chi connectivity index (χ0v) is 10.4. The highest BCUT2D eigenvalue weighted by Gasteiger charge is 2.15. The van der Waals surface area contributed by atoms with Crippen LogP contribution in [0, 0.1) is 0 Å². The van der Waals surface area contributed by atoms with Crippen molar-refractivity contribution in [2.45, 2.75) is 6.55 Å². The number of amides is 1. The maximum Gasteiger partial charge on any atom is 0.333 e. The number of hydrogen-bond donors (Lipinski definition) is 2. The average Bonchev–Trinajstić information content (AvgIpc) is 2.87. The SMILES string of the molecule is COc1cc(N)ncc1C(=O)Nc1ccn(C(F)F)n1. The van der Waals surface area contributed by atoms with E-state index < -0.39 is 12.5 Å². The number of nitrogens with two attached hydrogens (primary N) is 1. The van der Waals surface area contributed by atoms with Crippen LogP contribution in [0.2, 0.25) is 0 Å². The van der Waals surface area contributed by atoms with Gasteiger partial charge in [0.1, 0.15) is 17.1 Å². The van der Waals surface area contributed by atoms with E-state index in [9.17, 15) is 13.6 Å². The molecule has 0 bridgehead atoms. The number of carbonyl (C=O) groups excluding carboxylic acids is 1. The molecule has 0 aromatic carbocycles. The van der Waals surface area contributed by atoms with Gasteiger partial charge in [-0.05, 0) is 0 Å². The Bertz CT molecular complexity index is 629. The van der Waals surface area contributed by atoms with Gasteiger partial charge in [-0.25, -0.2) is 9.67 Å². The van der Waals surface area contributed by atoms with Crippen molar-refractivity contribution in [3.63, 3.8) is 0 Å². The smallest absolute Gasteiger partial charge is 0.333 e. The highest BCUT2D eigenvalue weighted by Crippen LogP contribution is 2.20. The molecule has 20 heavy (non-hydrogen) atoms. The standard InChI is InChI=1S/C11H11F2N5O2/c1-20-7-4-8(14)15-5-6(7)10(19)16-9-2-3-18(17-9)11(12)13/h2-5,11H,1H3,(H2,14,15)(H,16,17,19). The number of nitrogens with one attached hydrogen (secondary N) is 1. The van der Waals surface area contributed by atoms with Gasteiger partial charge in [-0.2, -0.15) is 13.9 Å². The lowest BCUT2D eigenvalue weighted by molar-refractivity contribution is 0.0568. The lowest BCUT2D eigenvalue weighted by Crippen LogP contribution is -2.14. The van der Waals surface area contributed by atoms with Crippen LogP contribution in [-0.4, -0.2) is 27.8 Å². The summed E-state index contributed by atoms with van der Waals surface area (Å²) in [4.78, 5) is 15.8. The van der Waals surface area contributed by atoms with Gasteiger partial charge in [0.05, 0.1) is 7.11 Å². The summed E-state index contributed by atoms with van der Waals surface area (Å²) in [7, 11) is 1.37. The predicted octanol–water partition coefficient (Wildman–Crippen LogP) is 1.52. The molecule has 0 aliphatic heterocycles. The molecule has 0 saturated heterocycles. The molecule has 2 rings (SSSR count). The Kier molecular flexibility index (Phi) is 3.78. The maximum absolute atomic E-state index is 12.3. The molecule has 0 aliphatic carbocycles. The summed E-state index contributed by atoms with van der Waals surface area (Å²) in [5.74, 6) is -0.174. The van der Waals surface area contributed by atoms with Crippen LogP contribution in [0.15, 0.2) is 24.5 Å². The Hall–Kier alpha value is -2.71. The van der Waals surface area contributed by atoms with Crippen LogP contribution in [0.4, 0.5) is 20.4 Å². The van der Waals surface area contributed by atoms with Gasteiger partial charge in [-0.15, -0.1) is 0 Å². The van der Waals surface area contributed by atoms with Crippen LogP contribution in [0.1, 0.15) is 16.9 Å². The minimum atomic E-state index is -2.77. The van der Waals surface area contributed by atoms with Gasteiger partial charge in [-0.1, -0.05) is 0 Å². The molecule has 3 N–H and O–H groups in total. The topological polar surface area (TPSA) is 95.1 Å². The number of halogens is 2. The average molecular weight is 283 g/mol. The molecule has 0 aliphatic rings. The first-order valence-electron chi connectivity index (χ1n) is 5.45. The van der Waals surface area contributed by atoms with E-state index in [0.717, 1.165) is 6.20 Å². The zero-order valence-electron chi connectivity index (χ0n) is 10.4. The van der Waals surface area contributed by atoms with Crippen LogP contribution >= 0.6 is 0 Å². The number of aromatic nitrogens is 3. The van der Waals surface area contributed by atoms with Crippen molar-refractivity contribution in [3.8, 4) is 5.75 Å². The Morgan fingerprint density at radius 3 is 2.90 bits per heavy atom. The van der Waals surface area contributed by atoms with Gasteiger partial charge in [-0.3, -0.25) is 4.79 Å². The van der Waals surface area contributed by atoms with Crippen molar-refractivity contribution in [3.05, 3.63) is 30.1 Å². The second-order valence-corrected chi connectivity index (χ2v) is 3.72. The number of nitrogen functional groups attached to an aromatic ring is 1. The third kappa shape index (κ3) is 2.82. The highest BCUT2D eigenvalue weighted by atomic mass is 19.3. The molecule has 0 saturated carbocycles. The second-order valence-electron chi connectivity index (χ2n) is 3.72. The summed E-state index contributed by atoms with van der Waals surface area (Å²) in [5, 5.41) is 5.86. The lowest BCUT2D eigenvalue weighted by atomic mass is 10.2. The third-order valence-electron chi connectivity index (χ3n) is 2.40. The largest absolute Gasteiger partial charge is 0.496 e. The predicted molar refractivity (Wildman–Crippen MR) is 66.6 cm³/mol. The van der Waals surface area contributed by atoms with E-state index >= 15 is 0 Å². The molecule has 0 unspecified atom stereocenters. The first-order chi connectivity index (χ1) is 9.51. The van der Waals surface area contributed by atoms with Gasteiger partial charge in [0.25, 0.3) is 5.91 Å². The van der Waals surface area contributed by atoms with Crippen molar-refractivity contribution < 1.29 is 18.3 Å². The molecule has 7 nitrogen and oxygen atoms in total. The van der Waals surface area contributed by atoms with E-state index in [2.05, 4.69) is 15.4 Å². The number of pyridine rings is 1. The second kappa shape index (κ2) is 5.51. The molecule has 2 aromatic rings. The molecule has 2 aromatic heterocycles. The van der Waals surface area contributed by atoms with E-state index in [0.29, 0.717) is 4.68 Å². The lowest BCUT2D eigenvalue weighted by Gasteiger charge is -2.08. The Morgan fingerprint density at radius 1 is 1.55 bits per heavy atom. The van der Waals surface area contributed by atoms with Crippen LogP contribution < -0.4 is 15.8 Å². The summed E-state index contributed by atoms with van der Waals surface area (Å²) in [6.45, 7) is -2.77. The van der Waals surface area contributed by atoms with Gasteiger partial charge in [0, 0.05) is 24.5 Å². The Morgan fingerprint density at radius 2 is 2.30 bits per heavy atom. The van der Waals surface area contributed by atoms with E-state index in [4.69, 9.17) is 10.5 Å². The Labute approximate surface area is 112 Å². The number of hydrogen-bond acceptors (Lipinski definition) is 5. The monoisotopic (exact) mass is 283 g/mol. The maximum atomic E-state index is 12.3. The number of carbonyl (C=O) groups is 1. The van der Waals surface area contributed by atoms with Crippen molar-refractivity contribution in [1.82, 2.24) is 14.8 Å². The summed E-state index contributed by atoms with van der Waals surface area (Å²) in [6.07, 6.45) is 2.28. The molecule has 0 spiro atoms. The number of nitrogens with zero attached hydrogens (tertiary/aromatic N) is 3. The number of alkyl halides is 2. The molecule has 0 atom stereocenters. The highest BCUT2D eigenvalue weighted by molar-refractivity contribution is 6.05. The first-order valence-corrected chi connectivity index (χ1v) is 5.45. The van der Waals surface area contributed by atoms with Crippen molar-refractivity contribution in [2.24, 2.45) is 0 Å². The molecule has 0 fully saturated rings. The fourth-order valence-corrected chi connectivity index (χ4v) is 1.49. The van der Waals surface area contributed by atoms with Crippen molar-refractivity contribution in [2.75, 3.05) is 18.2 Å². The van der Waals surface area contributed by atoms with Crippen LogP contribution in [0.25, 0.3) is 0 Å². The van der Waals surface area contributed by atoms with Crippen LogP contribution in [-0.2, 0) is 0 Å². The molecule has 2 heterocycles. The van der Waals surface area contributed by atoms with Crippen LogP contribution in [0.3, 0.4) is 0 Å². The molecule has 106 valence electrons. The minimum Gasteiger partial charge on any atom is -0.496 e. The summed E-state index contributed by atoms with van der Waals surface area (Å²) < 4.78 is 30.1. The van der Waals surface area contributed by atoms with Gasteiger partial charge >= 0.3 is 6.55 Å². The first kappa shape index (κ1) is 13.7. The minimum absolute atomic E-state index is 0.00539. The fourth-order valence-electron chi connectivity index (χ4n) is 1.49. The molecule has 1 amide bonds. The van der Waals surface area contributed by atoms with Crippen molar-refractivity contribution in [1.29, 1.82) is 0 Å². The third-order valence-corrected chi connectivity index (χ3v) is 2.40. The molecule has 9 heteroatoms. The van der Waals surface area contributed by atoms with Gasteiger partial charge in [0.15, 0.2) is 5.82 Å². The number of rotatable bonds is 4. The van der Waals surface area contributed by atoms with E-state index in [1.807, 2.05) is 0 Å². The number of ether oxygens (including phenoxy) is 1. The summed E-state index contributed by atoms with van der Waals surface area (Å²) in [6, 6.07) is 2.63. The van der Waals surface area contributed by atoms with E-state index in [1.54, 1.807) is 0 Å². The van der Waals surface area contributed by atoms with Crippen molar-refractivity contribution >= 4 is 17.5 Å². The summed E-state index contributed by atoms with van der Waals surface area (Å²) in [5.41, 5.74) is 5.59. The molecular formula is C11H11F2N5O2. The Balaban J connectivity index is 2.19. The van der Waals surface area contributed by atoms with E-state index in [-0.39, 0.29) is 22.9 Å². The zero-order chi connectivity index (χ0) is 14.7. The van der Waals surface area contributed by atoms with E-state index in [1.165, 1.54) is 25.4 Å². The van der Waals surface area contributed by atoms with Gasteiger partial charge < -0.3 is 15.8 Å². The molecular weight excluding hydrogens is 272 g/mol. The molecule has 0 radical (unpaired) electrons.